The summed E-state index contributed by atoms with van der Waals surface area (Å²) in [5, 5.41) is 12.0. The van der Waals surface area contributed by atoms with E-state index in [0.717, 1.165) is 30.5 Å². The van der Waals surface area contributed by atoms with E-state index in [1.807, 2.05) is 18.2 Å². The van der Waals surface area contributed by atoms with Crippen molar-refractivity contribution in [2.45, 2.75) is 36.0 Å². The van der Waals surface area contributed by atoms with E-state index in [-0.39, 0.29) is 11.9 Å². The highest BCUT2D eigenvalue weighted by Crippen LogP contribution is 2.34. The number of hydrogen-bond acceptors (Lipinski definition) is 5. The summed E-state index contributed by atoms with van der Waals surface area (Å²) in [5.74, 6) is 0.663. The van der Waals surface area contributed by atoms with E-state index in [4.69, 9.17) is 0 Å². The maximum atomic E-state index is 13.4. The molecule has 10 heteroatoms. The molecule has 6 nitrogen and oxygen atoms in total. The molecule has 0 atom stereocenters. The third kappa shape index (κ3) is 5.22. The SMILES string of the molecule is O=C(NC1CC1)c1ccccc1CSc1nnc(-c2ccncc2)n1-c1cccc(C(F)(F)F)c1. The lowest BCUT2D eigenvalue weighted by atomic mass is 10.1. The molecule has 2 aromatic heterocycles. The Kier molecular flexibility index (Phi) is 6.29. The maximum absolute atomic E-state index is 13.4. The second-order valence-electron chi connectivity index (χ2n) is 8.12. The molecule has 35 heavy (non-hydrogen) atoms. The van der Waals surface area contributed by atoms with Crippen LogP contribution < -0.4 is 5.32 Å². The first-order valence-corrected chi connectivity index (χ1v) is 11.9. The molecule has 2 heterocycles. The number of amides is 1. The third-order valence-corrected chi connectivity index (χ3v) is 6.51. The van der Waals surface area contributed by atoms with Crippen LogP contribution in [0, 0.1) is 0 Å². The van der Waals surface area contributed by atoms with Crippen LogP contribution in [0.2, 0.25) is 0 Å². The van der Waals surface area contributed by atoms with Crippen LogP contribution in [0.15, 0.2) is 78.2 Å². The van der Waals surface area contributed by atoms with Crippen LogP contribution in [0.1, 0.15) is 34.3 Å². The first kappa shape index (κ1) is 23.1. The van der Waals surface area contributed by atoms with Crippen molar-refractivity contribution in [3.63, 3.8) is 0 Å². The minimum absolute atomic E-state index is 0.125. The van der Waals surface area contributed by atoms with E-state index in [9.17, 15) is 18.0 Å². The molecule has 1 saturated carbocycles. The van der Waals surface area contributed by atoms with E-state index in [1.54, 1.807) is 41.2 Å². The lowest BCUT2D eigenvalue weighted by molar-refractivity contribution is -0.137. The van der Waals surface area contributed by atoms with Gasteiger partial charge in [0.2, 0.25) is 0 Å². The third-order valence-electron chi connectivity index (χ3n) is 5.53. The topological polar surface area (TPSA) is 72.7 Å². The summed E-state index contributed by atoms with van der Waals surface area (Å²) in [7, 11) is 0. The number of nitrogens with one attached hydrogen (secondary N) is 1. The van der Waals surface area contributed by atoms with Crippen LogP contribution >= 0.6 is 11.8 Å². The van der Waals surface area contributed by atoms with Crippen molar-refractivity contribution in [2.75, 3.05) is 0 Å². The maximum Gasteiger partial charge on any atom is 0.416 e. The Balaban J connectivity index is 1.50. The van der Waals surface area contributed by atoms with Crippen LogP contribution in [0.4, 0.5) is 13.2 Å². The predicted octanol–water partition coefficient (Wildman–Crippen LogP) is 5.53. The number of hydrogen-bond donors (Lipinski definition) is 1. The van der Waals surface area contributed by atoms with E-state index in [1.165, 1.54) is 17.8 Å². The summed E-state index contributed by atoms with van der Waals surface area (Å²) in [6.07, 6.45) is 0.660. The molecule has 178 valence electrons. The molecule has 0 bridgehead atoms. The van der Waals surface area contributed by atoms with Crippen molar-refractivity contribution >= 4 is 17.7 Å². The van der Waals surface area contributed by atoms with Gasteiger partial charge in [-0.25, -0.2) is 0 Å². The highest BCUT2D eigenvalue weighted by molar-refractivity contribution is 7.98. The minimum Gasteiger partial charge on any atom is -0.349 e. The quantitative estimate of drug-likeness (QED) is 0.341. The van der Waals surface area contributed by atoms with Gasteiger partial charge in [0.1, 0.15) is 0 Å². The van der Waals surface area contributed by atoms with Crippen molar-refractivity contribution in [2.24, 2.45) is 0 Å². The summed E-state index contributed by atoms with van der Waals surface area (Å²) < 4.78 is 41.9. The van der Waals surface area contributed by atoms with Crippen molar-refractivity contribution in [1.29, 1.82) is 0 Å². The normalized spacial score (nSPS) is 13.6. The summed E-state index contributed by atoms with van der Waals surface area (Å²) in [6.45, 7) is 0. The van der Waals surface area contributed by atoms with Gasteiger partial charge in [-0.3, -0.25) is 14.3 Å². The van der Waals surface area contributed by atoms with E-state index in [0.29, 0.717) is 33.5 Å². The summed E-state index contributed by atoms with van der Waals surface area (Å²) >= 11 is 1.30. The zero-order valence-electron chi connectivity index (χ0n) is 18.4. The number of aromatic nitrogens is 4. The lowest BCUT2D eigenvalue weighted by Gasteiger charge is -2.14. The molecule has 1 amide bonds. The van der Waals surface area contributed by atoms with Crippen LogP contribution in [0.3, 0.4) is 0 Å². The van der Waals surface area contributed by atoms with Gasteiger partial charge in [0.15, 0.2) is 11.0 Å². The molecular weight excluding hydrogens is 475 g/mol. The van der Waals surface area contributed by atoms with Crippen LogP contribution in [-0.4, -0.2) is 31.7 Å². The molecule has 0 unspecified atom stereocenters. The predicted molar refractivity (Wildman–Crippen MR) is 126 cm³/mol. The highest BCUT2D eigenvalue weighted by Gasteiger charge is 2.31. The van der Waals surface area contributed by atoms with Gasteiger partial charge in [0.25, 0.3) is 5.91 Å². The van der Waals surface area contributed by atoms with Crippen molar-refractivity contribution in [3.8, 4) is 17.1 Å². The molecule has 0 aliphatic heterocycles. The average molecular weight is 496 g/mol. The van der Waals surface area contributed by atoms with Gasteiger partial charge in [0.05, 0.1) is 11.3 Å². The second-order valence-corrected chi connectivity index (χ2v) is 9.06. The van der Waals surface area contributed by atoms with Gasteiger partial charge in [-0.1, -0.05) is 36.0 Å². The highest BCUT2D eigenvalue weighted by atomic mass is 32.2. The Labute approximate surface area is 203 Å². The van der Waals surface area contributed by atoms with Gasteiger partial charge >= 0.3 is 6.18 Å². The molecule has 1 aliphatic carbocycles. The number of benzene rings is 2. The largest absolute Gasteiger partial charge is 0.416 e. The van der Waals surface area contributed by atoms with Crippen molar-refractivity contribution in [1.82, 2.24) is 25.1 Å². The molecule has 0 spiro atoms. The van der Waals surface area contributed by atoms with Crippen LogP contribution in [0.25, 0.3) is 17.1 Å². The van der Waals surface area contributed by atoms with Gasteiger partial charge in [-0.2, -0.15) is 13.2 Å². The Morgan fingerprint density at radius 2 is 1.80 bits per heavy atom. The fraction of sp³-hybridized carbons (Fsp3) is 0.200. The molecular formula is C25H20F3N5OS. The Morgan fingerprint density at radius 1 is 1.03 bits per heavy atom. The molecule has 4 aromatic rings. The molecule has 0 saturated heterocycles. The fourth-order valence-electron chi connectivity index (χ4n) is 3.61. The molecule has 1 fully saturated rings. The second kappa shape index (κ2) is 9.53. The fourth-order valence-corrected chi connectivity index (χ4v) is 4.56. The number of rotatable bonds is 7. The number of halogens is 3. The number of nitrogens with zero attached hydrogens (tertiary/aromatic N) is 4. The van der Waals surface area contributed by atoms with Gasteiger partial charge in [-0.15, -0.1) is 10.2 Å². The molecule has 0 radical (unpaired) electrons. The van der Waals surface area contributed by atoms with E-state index < -0.39 is 11.7 Å². The zero-order valence-corrected chi connectivity index (χ0v) is 19.2. The molecule has 2 aromatic carbocycles. The number of alkyl halides is 3. The average Bonchev–Trinajstić information content (AvgIpc) is 3.58. The molecule has 1 N–H and O–H groups in total. The van der Waals surface area contributed by atoms with E-state index in [2.05, 4.69) is 20.5 Å². The zero-order chi connectivity index (χ0) is 24.4. The van der Waals surface area contributed by atoms with Gasteiger partial charge in [-0.05, 0) is 54.8 Å². The molecule has 5 rings (SSSR count). The number of thioether (sulfide) groups is 1. The summed E-state index contributed by atoms with van der Waals surface area (Å²) in [4.78, 5) is 16.7. The van der Waals surface area contributed by atoms with Crippen molar-refractivity contribution < 1.29 is 18.0 Å². The first-order chi connectivity index (χ1) is 16.9. The first-order valence-electron chi connectivity index (χ1n) is 10.9. The van der Waals surface area contributed by atoms with Crippen LogP contribution in [-0.2, 0) is 11.9 Å². The Bertz CT molecular complexity index is 1350. The Morgan fingerprint density at radius 3 is 2.54 bits per heavy atom. The van der Waals surface area contributed by atoms with Crippen LogP contribution in [0.5, 0.6) is 0 Å². The Hall–Kier alpha value is -3.66. The standard InChI is InChI=1S/C25H20F3N5OS/c26-25(27,28)18-5-3-6-20(14-18)33-22(16-10-12-29-13-11-16)31-32-24(33)35-15-17-4-1-2-7-21(17)23(34)30-19-8-9-19/h1-7,10-14,19H,8-9,15H2,(H,30,34). The number of pyridine rings is 1. The van der Waals surface area contributed by atoms with Gasteiger partial charge in [0, 0.05) is 35.3 Å². The lowest BCUT2D eigenvalue weighted by Crippen LogP contribution is -2.26. The molecule has 1 aliphatic rings. The van der Waals surface area contributed by atoms with Gasteiger partial charge < -0.3 is 5.32 Å². The summed E-state index contributed by atoms with van der Waals surface area (Å²) in [6, 6.07) is 16.0. The summed E-state index contributed by atoms with van der Waals surface area (Å²) in [5.41, 5.74) is 1.58. The monoisotopic (exact) mass is 495 g/mol. The van der Waals surface area contributed by atoms with E-state index >= 15 is 0 Å². The minimum atomic E-state index is -4.48. The number of carbonyl (C=O) groups is 1. The smallest absolute Gasteiger partial charge is 0.349 e. The number of carbonyl (C=O) groups excluding carboxylic acids is 1. The van der Waals surface area contributed by atoms with Crippen molar-refractivity contribution in [3.05, 3.63) is 89.7 Å².